The molecule has 2 aliphatic heterocycles. The van der Waals surface area contributed by atoms with Crippen LogP contribution in [0.3, 0.4) is 0 Å². The normalized spacial score (nSPS) is 28.1. The number of likely N-dealkylation sites (tertiary alicyclic amines) is 1. The molecule has 6 rings (SSSR count). The summed E-state index contributed by atoms with van der Waals surface area (Å²) < 4.78 is 25.6. The van der Waals surface area contributed by atoms with Gasteiger partial charge in [0.1, 0.15) is 11.4 Å². The lowest BCUT2D eigenvalue weighted by molar-refractivity contribution is 0.0897. The van der Waals surface area contributed by atoms with Crippen LogP contribution < -0.4 is 10.2 Å². The molecule has 3 aliphatic carbocycles. The maximum atomic E-state index is 14.0. The number of sulfone groups is 1. The zero-order valence-electron chi connectivity index (χ0n) is 25.6. The van der Waals surface area contributed by atoms with Crippen LogP contribution in [0.4, 0.5) is 10.5 Å². The van der Waals surface area contributed by atoms with Crippen molar-refractivity contribution >= 4 is 33.0 Å². The number of carbonyl (C=O) groups excluding carboxylic acids is 1. The van der Waals surface area contributed by atoms with Crippen LogP contribution in [0.1, 0.15) is 103 Å². The van der Waals surface area contributed by atoms with Crippen molar-refractivity contribution < 1.29 is 13.2 Å². The second-order valence-corrected chi connectivity index (χ2v) is 16.2. The molecule has 0 radical (unpaired) electrons. The van der Waals surface area contributed by atoms with Gasteiger partial charge in [-0.2, -0.15) is 4.99 Å². The first kappa shape index (κ1) is 29.6. The number of hydrogen-bond acceptors (Lipinski definition) is 5. The number of para-hydroxylation sites is 1. The number of allylic oxidation sites excluding steroid dienone is 4. The van der Waals surface area contributed by atoms with Crippen LogP contribution in [0.15, 0.2) is 46.3 Å². The number of urea groups is 1. The van der Waals surface area contributed by atoms with Crippen molar-refractivity contribution in [3.63, 3.8) is 0 Å². The molecule has 2 saturated carbocycles. The average Bonchev–Trinajstić information content (AvgIpc) is 3.21. The highest BCUT2D eigenvalue weighted by molar-refractivity contribution is 7.95. The summed E-state index contributed by atoms with van der Waals surface area (Å²) in [6.45, 7) is 7.92. The first-order valence-corrected chi connectivity index (χ1v) is 17.9. The van der Waals surface area contributed by atoms with Gasteiger partial charge >= 0.3 is 6.03 Å². The van der Waals surface area contributed by atoms with E-state index in [-0.39, 0.29) is 6.03 Å². The summed E-state index contributed by atoms with van der Waals surface area (Å²) in [6.07, 6.45) is 16.6. The largest absolute Gasteiger partial charge is 0.369 e. The van der Waals surface area contributed by atoms with E-state index >= 15 is 0 Å². The first-order valence-electron chi connectivity index (χ1n) is 16.4. The topological polar surface area (TPSA) is 82.1 Å². The maximum Gasteiger partial charge on any atom is 0.350 e. The number of aliphatic imine (C=N–C) groups is 1. The van der Waals surface area contributed by atoms with Crippen LogP contribution in [0.2, 0.25) is 0 Å². The Kier molecular flexibility index (Phi) is 8.40. The molecule has 1 aromatic rings. The van der Waals surface area contributed by atoms with Crippen LogP contribution in [0, 0.1) is 5.92 Å². The Morgan fingerprint density at radius 3 is 2.43 bits per heavy atom. The molecule has 5 aliphatic rings. The van der Waals surface area contributed by atoms with Gasteiger partial charge in [0.2, 0.25) is 0 Å². The fourth-order valence-corrected chi connectivity index (χ4v) is 9.02. The number of piperidine rings is 1. The van der Waals surface area contributed by atoms with E-state index in [0.717, 1.165) is 67.4 Å². The van der Waals surface area contributed by atoms with Crippen LogP contribution in [-0.4, -0.2) is 61.1 Å². The number of rotatable bonds is 7. The van der Waals surface area contributed by atoms with Crippen molar-refractivity contribution in [2.75, 3.05) is 18.0 Å². The number of nitrogens with zero attached hydrogens (tertiary/aromatic N) is 3. The van der Waals surface area contributed by atoms with Gasteiger partial charge in [0.15, 0.2) is 9.84 Å². The molecule has 1 N–H and O–H groups in total. The van der Waals surface area contributed by atoms with E-state index in [4.69, 9.17) is 4.99 Å². The van der Waals surface area contributed by atoms with Gasteiger partial charge in [0.25, 0.3) is 0 Å². The standard InChI is InChI=1S/C34H48N4O3S/c1-24(2)42(40,41)29-18-16-27(17-19-29)30-14-7-8-15-31(30)38-33(39)36-32(35-28-12-5-4-6-13-28)34(38)20-21-37(25(3)22-34)23-26-10-9-11-26/h7-8,14-16,18,24-26,28H,4-6,9-13,17,19-23H2,1-3H3,(H,35,36,39)/t25-,34+/m0/s1. The summed E-state index contributed by atoms with van der Waals surface area (Å²) in [5.74, 6) is 1.68. The Morgan fingerprint density at radius 1 is 1.02 bits per heavy atom. The molecular weight excluding hydrogens is 544 g/mol. The third-order valence-corrected chi connectivity index (χ3v) is 12.9. The van der Waals surface area contributed by atoms with Crippen molar-refractivity contribution in [3.8, 4) is 0 Å². The minimum Gasteiger partial charge on any atom is -0.369 e. The molecular formula is C34H48N4O3S. The molecule has 2 amide bonds. The fraction of sp³-hybridized carbons (Fsp3) is 0.647. The molecule has 0 aromatic heterocycles. The van der Waals surface area contributed by atoms with Gasteiger partial charge in [-0.05, 0) is 95.8 Å². The van der Waals surface area contributed by atoms with E-state index < -0.39 is 20.6 Å². The highest BCUT2D eigenvalue weighted by Gasteiger charge is 2.54. The SMILES string of the molecule is CC(C)S(=O)(=O)C1=CC=C(c2ccccc2N2C(=O)N=C(NC3CCCCC3)[C@]23CCN(CC2CCC2)[C@@H](C)C3)CC1. The number of carbonyl (C=O) groups is 1. The Bertz CT molecular complexity index is 1390. The Hall–Kier alpha value is -2.45. The minimum atomic E-state index is -3.28. The quantitative estimate of drug-likeness (QED) is 0.374. The lowest BCUT2D eigenvalue weighted by Crippen LogP contribution is -2.64. The molecule has 1 saturated heterocycles. The van der Waals surface area contributed by atoms with Gasteiger partial charge in [-0.1, -0.05) is 50.0 Å². The summed E-state index contributed by atoms with van der Waals surface area (Å²) in [6, 6.07) is 8.70. The van der Waals surface area contributed by atoms with Crippen molar-refractivity contribution in [1.82, 2.24) is 10.2 Å². The van der Waals surface area contributed by atoms with E-state index in [0.29, 0.717) is 29.8 Å². The third kappa shape index (κ3) is 5.49. The van der Waals surface area contributed by atoms with Crippen molar-refractivity contribution in [3.05, 3.63) is 46.9 Å². The maximum absolute atomic E-state index is 14.0. The van der Waals surface area contributed by atoms with Crippen LogP contribution >= 0.6 is 0 Å². The van der Waals surface area contributed by atoms with Gasteiger partial charge in [-0.3, -0.25) is 4.90 Å². The van der Waals surface area contributed by atoms with Gasteiger partial charge in [0, 0.05) is 35.6 Å². The number of anilines is 1. The summed E-state index contributed by atoms with van der Waals surface area (Å²) in [5, 5.41) is 3.38. The highest BCUT2D eigenvalue weighted by Crippen LogP contribution is 2.45. The first-order chi connectivity index (χ1) is 20.2. The Morgan fingerprint density at radius 2 is 1.79 bits per heavy atom. The molecule has 1 aromatic carbocycles. The predicted octanol–water partition coefficient (Wildman–Crippen LogP) is 6.85. The summed E-state index contributed by atoms with van der Waals surface area (Å²) >= 11 is 0. The van der Waals surface area contributed by atoms with E-state index in [2.05, 4.69) is 29.3 Å². The minimum absolute atomic E-state index is 0.185. The number of hydrogen-bond donors (Lipinski definition) is 1. The molecule has 228 valence electrons. The molecule has 0 unspecified atom stereocenters. The van der Waals surface area contributed by atoms with Gasteiger partial charge in [0.05, 0.1) is 10.9 Å². The second-order valence-electron chi connectivity index (χ2n) is 13.6. The highest BCUT2D eigenvalue weighted by atomic mass is 32.2. The van der Waals surface area contributed by atoms with E-state index in [1.54, 1.807) is 19.9 Å². The third-order valence-electron chi connectivity index (χ3n) is 10.6. The Balaban J connectivity index is 1.35. The smallest absolute Gasteiger partial charge is 0.350 e. The van der Waals surface area contributed by atoms with E-state index in [1.807, 2.05) is 23.1 Å². The van der Waals surface area contributed by atoms with Gasteiger partial charge in [-0.25, -0.2) is 13.2 Å². The van der Waals surface area contributed by atoms with E-state index in [1.165, 1.54) is 38.5 Å². The van der Waals surface area contributed by atoms with Crippen LogP contribution in [0.25, 0.3) is 5.57 Å². The van der Waals surface area contributed by atoms with Crippen molar-refractivity contribution in [2.24, 2.45) is 10.9 Å². The lowest BCUT2D eigenvalue weighted by Gasteiger charge is -2.50. The van der Waals surface area contributed by atoms with E-state index in [9.17, 15) is 13.2 Å². The van der Waals surface area contributed by atoms with Crippen LogP contribution in [-0.2, 0) is 9.84 Å². The molecule has 8 heteroatoms. The van der Waals surface area contributed by atoms with Crippen molar-refractivity contribution in [2.45, 2.75) is 121 Å². The lowest BCUT2D eigenvalue weighted by atomic mass is 9.78. The number of amides is 2. The summed E-state index contributed by atoms with van der Waals surface area (Å²) in [5.41, 5.74) is 2.46. The number of nitrogens with one attached hydrogen (secondary N) is 1. The predicted molar refractivity (Wildman–Crippen MR) is 171 cm³/mol. The Labute approximate surface area is 252 Å². The average molecular weight is 593 g/mol. The molecule has 2 atom stereocenters. The molecule has 42 heavy (non-hydrogen) atoms. The van der Waals surface area contributed by atoms with Crippen LogP contribution in [0.5, 0.6) is 0 Å². The molecule has 7 nitrogen and oxygen atoms in total. The zero-order chi connectivity index (χ0) is 29.5. The molecule has 2 heterocycles. The second kappa shape index (κ2) is 11.9. The molecule has 3 fully saturated rings. The molecule has 1 spiro atoms. The number of benzene rings is 1. The number of amidine groups is 1. The zero-order valence-corrected chi connectivity index (χ0v) is 26.5. The monoisotopic (exact) mass is 592 g/mol. The van der Waals surface area contributed by atoms with Crippen molar-refractivity contribution in [1.29, 1.82) is 0 Å². The molecule has 0 bridgehead atoms. The fourth-order valence-electron chi connectivity index (χ4n) is 7.77. The van der Waals surface area contributed by atoms with Gasteiger partial charge in [-0.15, -0.1) is 0 Å². The summed E-state index contributed by atoms with van der Waals surface area (Å²) in [4.78, 5) is 23.9. The van der Waals surface area contributed by atoms with Gasteiger partial charge < -0.3 is 10.2 Å². The summed E-state index contributed by atoms with van der Waals surface area (Å²) in [7, 11) is -3.28.